The average molecular weight is 518 g/mol. The molecule has 0 aromatic heterocycles. The molecule has 1 aliphatic rings. The molecule has 1 aliphatic heterocycles. The van der Waals surface area contributed by atoms with Gasteiger partial charge >= 0.3 is 11.7 Å². The summed E-state index contributed by atoms with van der Waals surface area (Å²) in [6.45, 7) is 2.40. The van der Waals surface area contributed by atoms with Crippen molar-refractivity contribution in [2.45, 2.75) is 13.5 Å². The van der Waals surface area contributed by atoms with E-state index < -0.39 is 10.9 Å². The van der Waals surface area contributed by atoms with Crippen LogP contribution < -0.4 is 4.74 Å². The molecule has 3 aromatic carbocycles. The number of thioether (sulfide) groups is 1. The van der Waals surface area contributed by atoms with Crippen LogP contribution in [0.15, 0.2) is 82.7 Å². The lowest BCUT2D eigenvalue weighted by molar-refractivity contribution is -0.386. The Labute approximate surface area is 217 Å². The summed E-state index contributed by atoms with van der Waals surface area (Å²) >= 11 is 1.16. The Balaban J connectivity index is 1.59. The van der Waals surface area contributed by atoms with Crippen molar-refractivity contribution < 1.29 is 24.0 Å². The maximum atomic E-state index is 13.0. The fourth-order valence-corrected chi connectivity index (χ4v) is 4.64. The normalized spacial score (nSPS) is 15.3. The van der Waals surface area contributed by atoms with Gasteiger partial charge in [0.05, 0.1) is 28.2 Å². The zero-order chi connectivity index (χ0) is 26.4. The number of amidine groups is 1. The topological polar surface area (TPSA) is 111 Å². The Morgan fingerprint density at radius 2 is 1.89 bits per heavy atom. The molecule has 10 heteroatoms. The predicted octanol–water partition coefficient (Wildman–Crippen LogP) is 5.58. The zero-order valence-corrected chi connectivity index (χ0v) is 20.9. The van der Waals surface area contributed by atoms with E-state index >= 15 is 0 Å². The van der Waals surface area contributed by atoms with E-state index in [1.807, 2.05) is 37.3 Å². The molecule has 0 bridgehead atoms. The number of methoxy groups -OCH3 is 1. The van der Waals surface area contributed by atoms with E-state index in [1.165, 1.54) is 24.1 Å². The van der Waals surface area contributed by atoms with Gasteiger partial charge in [0.25, 0.3) is 5.91 Å². The number of esters is 1. The number of nitrogens with zero attached hydrogens (tertiary/aromatic N) is 3. The number of nitro benzene ring substituents is 1. The number of likely N-dealkylation sites (N-methyl/N-ethyl adjacent to an activating group) is 1. The van der Waals surface area contributed by atoms with Crippen molar-refractivity contribution in [3.63, 3.8) is 0 Å². The second-order valence-electron chi connectivity index (χ2n) is 7.85. The molecule has 0 spiro atoms. The van der Waals surface area contributed by atoms with Crippen molar-refractivity contribution in [2.24, 2.45) is 4.99 Å². The minimum absolute atomic E-state index is 0.143. The Kier molecular flexibility index (Phi) is 7.99. The highest BCUT2D eigenvalue weighted by atomic mass is 32.2. The van der Waals surface area contributed by atoms with Gasteiger partial charge in [0.2, 0.25) is 0 Å². The Hall–Kier alpha value is -4.44. The van der Waals surface area contributed by atoms with Crippen LogP contribution in [-0.2, 0) is 16.1 Å². The molecule has 1 fully saturated rings. The van der Waals surface area contributed by atoms with Crippen LogP contribution >= 0.6 is 11.8 Å². The molecule has 0 aliphatic carbocycles. The summed E-state index contributed by atoms with van der Waals surface area (Å²) in [6.07, 6.45) is 1.59. The number of amides is 1. The number of carbonyl (C=O) groups is 2. The Morgan fingerprint density at radius 3 is 2.59 bits per heavy atom. The summed E-state index contributed by atoms with van der Waals surface area (Å²) in [5.41, 5.74) is 2.02. The Bertz CT molecular complexity index is 1400. The molecule has 1 heterocycles. The van der Waals surface area contributed by atoms with Crippen molar-refractivity contribution in [3.05, 3.63) is 105 Å². The summed E-state index contributed by atoms with van der Waals surface area (Å²) in [6, 6.07) is 20.5. The van der Waals surface area contributed by atoms with Gasteiger partial charge in [-0.05, 0) is 60.2 Å². The molecule has 0 radical (unpaired) electrons. The molecular formula is C27H23N3O6S. The largest absolute Gasteiger partial charge is 0.482 e. The molecule has 0 saturated carbocycles. The van der Waals surface area contributed by atoms with Crippen LogP contribution in [0, 0.1) is 10.1 Å². The van der Waals surface area contributed by atoms with E-state index in [0.29, 0.717) is 33.4 Å². The van der Waals surface area contributed by atoms with Crippen molar-refractivity contribution in [3.8, 4) is 5.75 Å². The van der Waals surface area contributed by atoms with Crippen LogP contribution in [0.2, 0.25) is 0 Å². The summed E-state index contributed by atoms with van der Waals surface area (Å²) in [5.74, 6) is -0.602. The monoisotopic (exact) mass is 517 g/mol. The van der Waals surface area contributed by atoms with Crippen LogP contribution in [0.1, 0.15) is 28.4 Å². The van der Waals surface area contributed by atoms with Crippen LogP contribution in [0.5, 0.6) is 5.75 Å². The van der Waals surface area contributed by atoms with Crippen LogP contribution in [0.3, 0.4) is 0 Å². The fraction of sp³-hybridized carbons (Fsp3) is 0.148. The SMILES string of the molecule is CCN1C(=O)C(=Cc2ccc(OCc3ccccc3)c([N+](=O)[O-])c2)SC1=Nc1cccc(C(=O)OC)c1. The van der Waals surface area contributed by atoms with E-state index in [2.05, 4.69) is 4.99 Å². The van der Waals surface area contributed by atoms with Gasteiger partial charge in [0, 0.05) is 12.6 Å². The second-order valence-corrected chi connectivity index (χ2v) is 8.86. The van der Waals surface area contributed by atoms with Gasteiger partial charge in [0.15, 0.2) is 10.9 Å². The molecular weight excluding hydrogens is 494 g/mol. The van der Waals surface area contributed by atoms with Gasteiger partial charge in [-0.1, -0.05) is 42.5 Å². The van der Waals surface area contributed by atoms with Gasteiger partial charge in [-0.25, -0.2) is 9.79 Å². The predicted molar refractivity (Wildman–Crippen MR) is 142 cm³/mol. The number of carbonyl (C=O) groups excluding carboxylic acids is 2. The molecule has 37 heavy (non-hydrogen) atoms. The molecule has 4 rings (SSSR count). The molecule has 0 atom stereocenters. The van der Waals surface area contributed by atoms with Crippen molar-refractivity contribution in [1.29, 1.82) is 0 Å². The maximum absolute atomic E-state index is 13.0. The van der Waals surface area contributed by atoms with Gasteiger partial charge in [-0.15, -0.1) is 0 Å². The standard InChI is InChI=1S/C27H23N3O6S/c1-3-29-25(31)24(37-27(29)28-21-11-7-10-20(16-21)26(32)35-2)15-19-12-13-23(22(14-19)30(33)34)36-17-18-8-5-4-6-9-18/h4-16H,3,17H2,1-2H3. The third-order valence-corrected chi connectivity index (χ3v) is 6.42. The molecule has 0 N–H and O–H groups in total. The highest BCUT2D eigenvalue weighted by molar-refractivity contribution is 8.18. The first-order valence-electron chi connectivity index (χ1n) is 11.3. The quantitative estimate of drug-likeness (QED) is 0.166. The van der Waals surface area contributed by atoms with Gasteiger partial charge < -0.3 is 9.47 Å². The lowest BCUT2D eigenvalue weighted by Crippen LogP contribution is -2.28. The van der Waals surface area contributed by atoms with Crippen molar-refractivity contribution in [1.82, 2.24) is 4.90 Å². The zero-order valence-electron chi connectivity index (χ0n) is 20.1. The number of aliphatic imine (C=N–C) groups is 1. The summed E-state index contributed by atoms with van der Waals surface area (Å²) in [7, 11) is 1.30. The molecule has 1 amide bonds. The molecule has 0 unspecified atom stereocenters. The van der Waals surface area contributed by atoms with Gasteiger partial charge in [-0.2, -0.15) is 0 Å². The van der Waals surface area contributed by atoms with Crippen LogP contribution in [-0.4, -0.2) is 40.5 Å². The van der Waals surface area contributed by atoms with Gasteiger partial charge in [0.1, 0.15) is 6.61 Å². The number of hydrogen-bond donors (Lipinski definition) is 0. The highest BCUT2D eigenvalue weighted by Crippen LogP contribution is 2.36. The number of rotatable bonds is 8. The van der Waals surface area contributed by atoms with E-state index in [0.717, 1.165) is 17.3 Å². The average Bonchev–Trinajstić information content (AvgIpc) is 3.21. The molecule has 3 aromatic rings. The van der Waals surface area contributed by atoms with Crippen LogP contribution in [0.4, 0.5) is 11.4 Å². The van der Waals surface area contributed by atoms with Crippen molar-refractivity contribution >= 4 is 46.3 Å². The summed E-state index contributed by atoms with van der Waals surface area (Å²) in [5, 5.41) is 12.2. The van der Waals surface area contributed by atoms with E-state index in [-0.39, 0.29) is 24.0 Å². The molecule has 1 saturated heterocycles. The smallest absolute Gasteiger partial charge is 0.337 e. The first kappa shape index (κ1) is 25.6. The van der Waals surface area contributed by atoms with Crippen LogP contribution in [0.25, 0.3) is 6.08 Å². The summed E-state index contributed by atoms with van der Waals surface area (Å²) in [4.78, 5) is 42.5. The first-order chi connectivity index (χ1) is 17.9. The third-order valence-electron chi connectivity index (χ3n) is 5.41. The van der Waals surface area contributed by atoms with Crippen molar-refractivity contribution in [2.75, 3.05) is 13.7 Å². The van der Waals surface area contributed by atoms with E-state index in [4.69, 9.17) is 9.47 Å². The lowest BCUT2D eigenvalue weighted by atomic mass is 10.1. The Morgan fingerprint density at radius 1 is 1.11 bits per heavy atom. The molecule has 9 nitrogen and oxygen atoms in total. The molecule has 188 valence electrons. The second kappa shape index (κ2) is 11.5. The van der Waals surface area contributed by atoms with E-state index in [9.17, 15) is 19.7 Å². The first-order valence-corrected chi connectivity index (χ1v) is 12.1. The third kappa shape index (κ3) is 6.04. The minimum atomic E-state index is -0.508. The lowest BCUT2D eigenvalue weighted by Gasteiger charge is -2.12. The summed E-state index contributed by atoms with van der Waals surface area (Å²) < 4.78 is 10.4. The number of benzene rings is 3. The number of hydrogen-bond acceptors (Lipinski definition) is 8. The highest BCUT2D eigenvalue weighted by Gasteiger charge is 2.32. The fourth-order valence-electron chi connectivity index (χ4n) is 3.58. The van der Waals surface area contributed by atoms with Gasteiger partial charge in [-0.3, -0.25) is 19.8 Å². The maximum Gasteiger partial charge on any atom is 0.337 e. The number of ether oxygens (including phenoxy) is 2. The minimum Gasteiger partial charge on any atom is -0.482 e. The number of nitro groups is 1. The van der Waals surface area contributed by atoms with E-state index in [1.54, 1.807) is 36.4 Å².